The van der Waals surface area contributed by atoms with Gasteiger partial charge in [0.05, 0.1) is 11.4 Å². The van der Waals surface area contributed by atoms with Crippen molar-refractivity contribution in [1.82, 2.24) is 4.31 Å². The molecule has 5 nitrogen and oxygen atoms in total. The number of rotatable bonds is 7. The van der Waals surface area contributed by atoms with Crippen LogP contribution < -0.4 is 5.32 Å². The van der Waals surface area contributed by atoms with E-state index in [1.807, 2.05) is 6.92 Å². The maximum absolute atomic E-state index is 13.3. The third-order valence-electron chi connectivity index (χ3n) is 4.41. The average molecular weight is 508 g/mol. The van der Waals surface area contributed by atoms with Crippen molar-refractivity contribution in [2.24, 2.45) is 0 Å². The van der Waals surface area contributed by atoms with Gasteiger partial charge in [-0.15, -0.1) is 0 Å². The van der Waals surface area contributed by atoms with Crippen LogP contribution in [0.4, 0.5) is 5.69 Å². The van der Waals surface area contributed by atoms with E-state index in [1.165, 1.54) is 12.1 Å². The average Bonchev–Trinajstić information content (AvgIpc) is 2.71. The quantitative estimate of drug-likeness (QED) is 0.475. The fourth-order valence-electron chi connectivity index (χ4n) is 2.80. The number of amides is 1. The van der Waals surface area contributed by atoms with E-state index < -0.39 is 15.9 Å². The number of hydrogen-bond acceptors (Lipinski definition) is 3. The second kappa shape index (κ2) is 9.75. The summed E-state index contributed by atoms with van der Waals surface area (Å²) in [7, 11) is -3.92. The lowest BCUT2D eigenvalue weighted by Crippen LogP contribution is -2.37. The van der Waals surface area contributed by atoms with E-state index in [0.29, 0.717) is 16.3 Å². The number of anilines is 1. The minimum atomic E-state index is -3.92. The van der Waals surface area contributed by atoms with E-state index >= 15 is 0 Å². The summed E-state index contributed by atoms with van der Waals surface area (Å²) in [6, 6.07) is 20.6. The summed E-state index contributed by atoms with van der Waals surface area (Å²) in [5.74, 6) is -0.444. The largest absolute Gasteiger partial charge is 0.325 e. The minimum absolute atomic E-state index is 0.0242. The summed E-state index contributed by atoms with van der Waals surface area (Å²) in [5, 5.41) is 3.17. The number of nitrogens with one attached hydrogen (secondary N) is 1. The van der Waals surface area contributed by atoms with Gasteiger partial charge in [-0.1, -0.05) is 63.4 Å². The van der Waals surface area contributed by atoms with Gasteiger partial charge in [0.1, 0.15) is 0 Å². The molecule has 156 valence electrons. The number of benzene rings is 3. The Morgan fingerprint density at radius 3 is 2.27 bits per heavy atom. The van der Waals surface area contributed by atoms with Crippen LogP contribution in [0.25, 0.3) is 0 Å². The van der Waals surface area contributed by atoms with Gasteiger partial charge in [0.15, 0.2) is 0 Å². The van der Waals surface area contributed by atoms with Crippen molar-refractivity contribution >= 4 is 49.1 Å². The number of carbonyl (C=O) groups is 1. The molecule has 0 heterocycles. The van der Waals surface area contributed by atoms with E-state index in [4.69, 9.17) is 11.6 Å². The molecule has 0 unspecified atom stereocenters. The zero-order valence-corrected chi connectivity index (χ0v) is 19.3. The van der Waals surface area contributed by atoms with Gasteiger partial charge in [0, 0.05) is 21.7 Å². The third-order valence-corrected chi connectivity index (χ3v) is 7.11. The van der Waals surface area contributed by atoms with Crippen molar-refractivity contribution in [3.63, 3.8) is 0 Å². The molecule has 0 radical (unpaired) electrons. The van der Waals surface area contributed by atoms with Crippen molar-refractivity contribution < 1.29 is 13.2 Å². The molecule has 0 saturated heterocycles. The predicted molar refractivity (Wildman–Crippen MR) is 123 cm³/mol. The molecule has 0 spiro atoms. The zero-order chi connectivity index (χ0) is 21.7. The number of halogens is 2. The summed E-state index contributed by atoms with van der Waals surface area (Å²) >= 11 is 9.58. The molecule has 3 aromatic rings. The molecule has 0 aliphatic heterocycles. The molecule has 8 heteroatoms. The molecule has 1 N–H and O–H groups in total. The lowest BCUT2D eigenvalue weighted by molar-refractivity contribution is -0.116. The van der Waals surface area contributed by atoms with Crippen LogP contribution in [-0.4, -0.2) is 25.2 Å². The molecule has 0 bridgehead atoms. The van der Waals surface area contributed by atoms with Crippen molar-refractivity contribution in [2.75, 3.05) is 11.9 Å². The second-order valence-electron chi connectivity index (χ2n) is 6.73. The van der Waals surface area contributed by atoms with Crippen LogP contribution in [-0.2, 0) is 21.4 Å². The Balaban J connectivity index is 1.88. The Bertz CT molecular complexity index is 1130. The van der Waals surface area contributed by atoms with Crippen molar-refractivity contribution in [3.05, 3.63) is 93.4 Å². The third kappa shape index (κ3) is 5.70. The van der Waals surface area contributed by atoms with Gasteiger partial charge in [0.2, 0.25) is 15.9 Å². The van der Waals surface area contributed by atoms with Crippen LogP contribution in [0, 0.1) is 6.92 Å². The molecule has 0 aromatic heterocycles. The molecule has 0 atom stereocenters. The van der Waals surface area contributed by atoms with E-state index in [1.54, 1.807) is 60.7 Å². The molecular weight excluding hydrogens is 488 g/mol. The van der Waals surface area contributed by atoms with E-state index in [2.05, 4.69) is 21.2 Å². The first kappa shape index (κ1) is 22.5. The Morgan fingerprint density at radius 2 is 1.63 bits per heavy atom. The normalized spacial score (nSPS) is 11.5. The van der Waals surface area contributed by atoms with Crippen molar-refractivity contribution in [1.29, 1.82) is 0 Å². The molecular formula is C22H20BrClN2O3S. The lowest BCUT2D eigenvalue weighted by atomic mass is 10.2. The minimum Gasteiger partial charge on any atom is -0.325 e. The Labute approximate surface area is 189 Å². The molecule has 0 saturated carbocycles. The molecule has 0 aliphatic rings. The smallest absolute Gasteiger partial charge is 0.243 e. The number of hydrogen-bond donors (Lipinski definition) is 1. The summed E-state index contributed by atoms with van der Waals surface area (Å²) < 4.78 is 28.6. The fraction of sp³-hybridized carbons (Fsp3) is 0.136. The SMILES string of the molecule is Cc1ccc(S(=O)(=O)N(CC(=O)Nc2ccc(Br)cc2)Cc2ccccc2Cl)cc1. The highest BCUT2D eigenvalue weighted by Crippen LogP contribution is 2.23. The number of sulfonamides is 1. The van der Waals surface area contributed by atoms with E-state index in [9.17, 15) is 13.2 Å². The highest BCUT2D eigenvalue weighted by atomic mass is 79.9. The first-order valence-corrected chi connectivity index (χ1v) is 11.7. The summed E-state index contributed by atoms with van der Waals surface area (Å²) in [5.41, 5.74) is 2.14. The molecule has 3 rings (SSSR count). The van der Waals surface area contributed by atoms with Crippen LogP contribution in [0.3, 0.4) is 0 Å². The number of carbonyl (C=O) groups excluding carboxylic acids is 1. The molecule has 1 amide bonds. The second-order valence-corrected chi connectivity index (χ2v) is 9.99. The van der Waals surface area contributed by atoms with Gasteiger partial charge in [-0.3, -0.25) is 4.79 Å². The zero-order valence-electron chi connectivity index (χ0n) is 16.2. The maximum Gasteiger partial charge on any atom is 0.243 e. The van der Waals surface area contributed by atoms with Crippen molar-refractivity contribution in [3.8, 4) is 0 Å². The topological polar surface area (TPSA) is 66.5 Å². The molecule has 0 aliphatic carbocycles. The lowest BCUT2D eigenvalue weighted by Gasteiger charge is -2.22. The van der Waals surface area contributed by atoms with E-state index in [-0.39, 0.29) is 18.0 Å². The standard InChI is InChI=1S/C22H20BrClN2O3S/c1-16-6-12-20(13-7-16)30(28,29)26(14-17-4-2-3-5-21(17)24)15-22(27)25-19-10-8-18(23)9-11-19/h2-13H,14-15H2,1H3,(H,25,27). The fourth-order valence-corrected chi connectivity index (χ4v) is 4.63. The van der Waals surface area contributed by atoms with Gasteiger partial charge >= 0.3 is 0 Å². The number of nitrogens with zero attached hydrogens (tertiary/aromatic N) is 1. The van der Waals surface area contributed by atoms with Gasteiger partial charge in [-0.05, 0) is 55.0 Å². The van der Waals surface area contributed by atoms with Crippen LogP contribution in [0.5, 0.6) is 0 Å². The first-order chi connectivity index (χ1) is 14.3. The Morgan fingerprint density at radius 1 is 1.00 bits per heavy atom. The highest BCUT2D eigenvalue weighted by Gasteiger charge is 2.27. The predicted octanol–water partition coefficient (Wildman–Crippen LogP) is 5.24. The van der Waals surface area contributed by atoms with Gasteiger partial charge in [-0.25, -0.2) is 8.42 Å². The molecule has 30 heavy (non-hydrogen) atoms. The van der Waals surface area contributed by atoms with Gasteiger partial charge < -0.3 is 5.32 Å². The monoisotopic (exact) mass is 506 g/mol. The highest BCUT2D eigenvalue weighted by molar-refractivity contribution is 9.10. The maximum atomic E-state index is 13.3. The summed E-state index contributed by atoms with van der Waals surface area (Å²) in [6.07, 6.45) is 0. The van der Waals surface area contributed by atoms with Crippen LogP contribution in [0.15, 0.2) is 82.2 Å². The summed E-state index contributed by atoms with van der Waals surface area (Å²) in [4.78, 5) is 12.8. The van der Waals surface area contributed by atoms with Crippen LogP contribution in [0.1, 0.15) is 11.1 Å². The number of aryl methyl sites for hydroxylation is 1. The van der Waals surface area contributed by atoms with Crippen LogP contribution >= 0.6 is 27.5 Å². The van der Waals surface area contributed by atoms with Gasteiger partial charge in [-0.2, -0.15) is 4.31 Å². The Kier molecular flexibility index (Phi) is 7.31. The van der Waals surface area contributed by atoms with E-state index in [0.717, 1.165) is 14.3 Å². The van der Waals surface area contributed by atoms with Gasteiger partial charge in [0.25, 0.3) is 0 Å². The van der Waals surface area contributed by atoms with Crippen LogP contribution in [0.2, 0.25) is 5.02 Å². The van der Waals surface area contributed by atoms with Crippen molar-refractivity contribution in [2.45, 2.75) is 18.4 Å². The summed E-state index contributed by atoms with van der Waals surface area (Å²) in [6.45, 7) is 1.50. The molecule has 3 aromatic carbocycles. The Hall–Kier alpha value is -2.19. The molecule has 0 fully saturated rings. The first-order valence-electron chi connectivity index (χ1n) is 9.11.